The molecule has 0 saturated carbocycles. The normalized spacial score (nSPS) is 11.3. The van der Waals surface area contributed by atoms with Gasteiger partial charge in [0.1, 0.15) is 23.2 Å². The van der Waals surface area contributed by atoms with Gasteiger partial charge in [-0.2, -0.15) is 0 Å². The van der Waals surface area contributed by atoms with Crippen LogP contribution in [0.4, 0.5) is 10.2 Å². The first-order valence-electron chi connectivity index (χ1n) is 7.24. The molecule has 0 amide bonds. The minimum absolute atomic E-state index is 0.312. The summed E-state index contributed by atoms with van der Waals surface area (Å²) in [7, 11) is 0. The van der Waals surface area contributed by atoms with Gasteiger partial charge in [0.05, 0.1) is 0 Å². The smallest absolute Gasteiger partial charge is 0.133 e. The van der Waals surface area contributed by atoms with Crippen molar-refractivity contribution in [3.63, 3.8) is 0 Å². The summed E-state index contributed by atoms with van der Waals surface area (Å²) in [5.74, 6) is 1.63. The molecule has 0 saturated heterocycles. The number of nitrogen functional groups attached to an aromatic ring is 1. The van der Waals surface area contributed by atoms with Crippen molar-refractivity contribution in [3.8, 4) is 11.3 Å². The van der Waals surface area contributed by atoms with Crippen LogP contribution >= 0.6 is 15.9 Å². The highest BCUT2D eigenvalue weighted by atomic mass is 79.9. The van der Waals surface area contributed by atoms with Gasteiger partial charge in [-0.3, -0.25) is 0 Å². The molecular formula is C16H21BrFN3. The van der Waals surface area contributed by atoms with Crippen molar-refractivity contribution in [1.82, 2.24) is 9.55 Å². The van der Waals surface area contributed by atoms with Crippen LogP contribution in [0.2, 0.25) is 0 Å². The Labute approximate surface area is 133 Å². The highest BCUT2D eigenvalue weighted by Crippen LogP contribution is 2.31. The van der Waals surface area contributed by atoms with E-state index in [1.54, 1.807) is 12.1 Å². The maximum atomic E-state index is 14.2. The molecule has 2 N–H and O–H groups in total. The number of rotatable bonds is 5. The van der Waals surface area contributed by atoms with E-state index in [1.165, 1.54) is 6.07 Å². The molecule has 1 heterocycles. The van der Waals surface area contributed by atoms with Gasteiger partial charge in [0, 0.05) is 23.0 Å². The van der Waals surface area contributed by atoms with Crippen LogP contribution in [0.3, 0.4) is 0 Å². The average molecular weight is 354 g/mol. The SMILES string of the molecule is CCCc1nc(-c2ccc(Br)cc2F)c(N)n1CC(C)C. The number of hydrogen-bond acceptors (Lipinski definition) is 2. The van der Waals surface area contributed by atoms with E-state index in [0.29, 0.717) is 27.5 Å². The predicted octanol–water partition coefficient (Wildman–Crippen LogP) is 4.64. The molecule has 2 rings (SSSR count). The number of hydrogen-bond donors (Lipinski definition) is 1. The minimum atomic E-state index is -0.312. The summed E-state index contributed by atoms with van der Waals surface area (Å²) >= 11 is 3.27. The number of anilines is 1. The van der Waals surface area contributed by atoms with Crippen molar-refractivity contribution in [1.29, 1.82) is 0 Å². The van der Waals surface area contributed by atoms with E-state index < -0.39 is 0 Å². The maximum Gasteiger partial charge on any atom is 0.133 e. The molecule has 114 valence electrons. The fraction of sp³-hybridized carbons (Fsp3) is 0.438. The molecule has 3 nitrogen and oxygen atoms in total. The van der Waals surface area contributed by atoms with Gasteiger partial charge in [-0.25, -0.2) is 9.37 Å². The molecule has 0 unspecified atom stereocenters. The molecule has 1 aromatic heterocycles. The Balaban J connectivity index is 2.53. The summed E-state index contributed by atoms with van der Waals surface area (Å²) in [6, 6.07) is 4.96. The second-order valence-electron chi connectivity index (χ2n) is 5.64. The van der Waals surface area contributed by atoms with Crippen molar-refractivity contribution in [3.05, 3.63) is 34.3 Å². The summed E-state index contributed by atoms with van der Waals surface area (Å²) in [5, 5.41) is 0. The molecular weight excluding hydrogens is 333 g/mol. The number of nitrogens with two attached hydrogens (primary N) is 1. The standard InChI is InChI=1S/C16H21BrFN3/c1-4-5-14-20-15(16(19)21(14)9-10(2)3)12-7-6-11(17)8-13(12)18/h6-8,10H,4-5,9,19H2,1-3H3. The van der Waals surface area contributed by atoms with E-state index in [-0.39, 0.29) is 5.82 Å². The van der Waals surface area contributed by atoms with Crippen LogP contribution < -0.4 is 5.73 Å². The molecule has 1 aromatic carbocycles. The van der Waals surface area contributed by atoms with Crippen molar-refractivity contribution < 1.29 is 4.39 Å². The Bertz CT molecular complexity index is 635. The summed E-state index contributed by atoms with van der Waals surface area (Å²) < 4.78 is 16.9. The number of nitrogens with zero attached hydrogens (tertiary/aromatic N) is 2. The van der Waals surface area contributed by atoms with Crippen LogP contribution in [0.15, 0.2) is 22.7 Å². The highest BCUT2D eigenvalue weighted by Gasteiger charge is 2.19. The summed E-state index contributed by atoms with van der Waals surface area (Å²) in [4.78, 5) is 4.60. The zero-order chi connectivity index (χ0) is 15.6. The molecule has 21 heavy (non-hydrogen) atoms. The van der Waals surface area contributed by atoms with Crippen molar-refractivity contribution in [2.24, 2.45) is 5.92 Å². The van der Waals surface area contributed by atoms with Gasteiger partial charge in [0.25, 0.3) is 0 Å². The zero-order valence-corrected chi connectivity index (χ0v) is 14.2. The first-order valence-corrected chi connectivity index (χ1v) is 8.03. The number of aryl methyl sites for hydroxylation is 1. The largest absolute Gasteiger partial charge is 0.383 e. The Hall–Kier alpha value is -1.36. The van der Waals surface area contributed by atoms with Gasteiger partial charge in [-0.05, 0) is 30.5 Å². The molecule has 0 aliphatic heterocycles. The zero-order valence-electron chi connectivity index (χ0n) is 12.7. The third-order valence-electron chi connectivity index (χ3n) is 3.29. The topological polar surface area (TPSA) is 43.8 Å². The Kier molecular flexibility index (Phi) is 5.04. The van der Waals surface area contributed by atoms with Crippen LogP contribution in [0, 0.1) is 11.7 Å². The lowest BCUT2D eigenvalue weighted by Gasteiger charge is -2.12. The summed E-state index contributed by atoms with van der Waals surface area (Å²) in [6.45, 7) is 7.17. The molecule has 0 fully saturated rings. The molecule has 2 aromatic rings. The molecule has 0 bridgehead atoms. The Morgan fingerprint density at radius 1 is 1.38 bits per heavy atom. The van der Waals surface area contributed by atoms with E-state index in [4.69, 9.17) is 5.73 Å². The lowest BCUT2D eigenvalue weighted by Crippen LogP contribution is -2.11. The van der Waals surface area contributed by atoms with Crippen molar-refractivity contribution >= 4 is 21.7 Å². The number of halogens is 2. The van der Waals surface area contributed by atoms with E-state index >= 15 is 0 Å². The van der Waals surface area contributed by atoms with Gasteiger partial charge in [-0.15, -0.1) is 0 Å². The molecule has 0 radical (unpaired) electrons. The van der Waals surface area contributed by atoms with Crippen LogP contribution in [-0.2, 0) is 13.0 Å². The molecule has 0 aliphatic rings. The molecule has 0 atom stereocenters. The van der Waals surface area contributed by atoms with E-state index in [9.17, 15) is 4.39 Å². The van der Waals surface area contributed by atoms with E-state index in [1.807, 2.05) is 4.57 Å². The average Bonchev–Trinajstić information content (AvgIpc) is 2.68. The van der Waals surface area contributed by atoms with Gasteiger partial charge in [-0.1, -0.05) is 36.7 Å². The number of imidazole rings is 1. The second kappa shape index (κ2) is 6.60. The first-order chi connectivity index (χ1) is 9.93. The fourth-order valence-corrected chi connectivity index (χ4v) is 2.71. The van der Waals surface area contributed by atoms with E-state index in [0.717, 1.165) is 25.2 Å². The lowest BCUT2D eigenvalue weighted by atomic mass is 10.1. The van der Waals surface area contributed by atoms with Crippen LogP contribution in [0.5, 0.6) is 0 Å². The van der Waals surface area contributed by atoms with Crippen LogP contribution in [0.25, 0.3) is 11.3 Å². The van der Waals surface area contributed by atoms with Crippen molar-refractivity contribution in [2.45, 2.75) is 40.2 Å². The summed E-state index contributed by atoms with van der Waals surface area (Å²) in [5.41, 5.74) is 7.24. The Morgan fingerprint density at radius 3 is 2.67 bits per heavy atom. The monoisotopic (exact) mass is 353 g/mol. The number of aromatic nitrogens is 2. The van der Waals surface area contributed by atoms with Gasteiger partial charge in [0.2, 0.25) is 0 Å². The van der Waals surface area contributed by atoms with Gasteiger partial charge < -0.3 is 10.3 Å². The quantitative estimate of drug-likeness (QED) is 0.850. The van der Waals surface area contributed by atoms with Crippen LogP contribution in [0.1, 0.15) is 33.0 Å². The molecule has 0 spiro atoms. The minimum Gasteiger partial charge on any atom is -0.383 e. The molecule has 0 aliphatic carbocycles. The fourth-order valence-electron chi connectivity index (χ4n) is 2.38. The van der Waals surface area contributed by atoms with E-state index in [2.05, 4.69) is 41.7 Å². The van der Waals surface area contributed by atoms with Crippen molar-refractivity contribution in [2.75, 3.05) is 5.73 Å². The lowest BCUT2D eigenvalue weighted by molar-refractivity contribution is 0.510. The van der Waals surface area contributed by atoms with Gasteiger partial charge >= 0.3 is 0 Å². The third-order valence-corrected chi connectivity index (χ3v) is 3.79. The number of benzene rings is 1. The molecule has 5 heteroatoms. The van der Waals surface area contributed by atoms with Gasteiger partial charge in [0.15, 0.2) is 0 Å². The van der Waals surface area contributed by atoms with Crippen LogP contribution in [-0.4, -0.2) is 9.55 Å². The summed E-state index contributed by atoms with van der Waals surface area (Å²) in [6.07, 6.45) is 1.83. The maximum absolute atomic E-state index is 14.2. The predicted molar refractivity (Wildman–Crippen MR) is 88.6 cm³/mol. The Morgan fingerprint density at radius 2 is 2.10 bits per heavy atom. The third kappa shape index (κ3) is 3.46. The highest BCUT2D eigenvalue weighted by molar-refractivity contribution is 9.10. The second-order valence-corrected chi connectivity index (χ2v) is 6.56. The first kappa shape index (κ1) is 16.0.